The van der Waals surface area contributed by atoms with Gasteiger partial charge < -0.3 is 26.7 Å². The smallest absolute Gasteiger partial charge is 0.252 e. The number of rotatable bonds is 5. The lowest BCUT2D eigenvalue weighted by molar-refractivity contribution is 0.100. The number of hydrogen-bond donors (Lipinski definition) is 4. The molecule has 0 bridgehead atoms. The number of primary amides is 1. The van der Waals surface area contributed by atoms with Crippen LogP contribution in [0.4, 0.5) is 21.7 Å². The van der Waals surface area contributed by atoms with Crippen molar-refractivity contribution in [3.8, 4) is 0 Å². The molecule has 3 aromatic heterocycles. The fourth-order valence-electron chi connectivity index (χ4n) is 3.61. The number of pyridine rings is 2. The van der Waals surface area contributed by atoms with Crippen LogP contribution in [-0.4, -0.2) is 37.5 Å². The second kappa shape index (κ2) is 7.63. The molecule has 1 aliphatic carbocycles. The highest BCUT2D eigenvalue weighted by molar-refractivity contribution is 5.98. The van der Waals surface area contributed by atoms with Crippen LogP contribution in [-0.2, 0) is 7.05 Å². The summed E-state index contributed by atoms with van der Waals surface area (Å²) in [4.78, 5) is 24.7. The van der Waals surface area contributed by atoms with Crippen molar-refractivity contribution in [1.82, 2.24) is 19.5 Å². The van der Waals surface area contributed by atoms with Crippen LogP contribution in [0, 0.1) is 5.82 Å². The molecule has 10 heteroatoms. The lowest BCUT2D eigenvalue weighted by Crippen LogP contribution is -2.43. The van der Waals surface area contributed by atoms with Crippen LogP contribution in [0.2, 0.25) is 0 Å². The maximum Gasteiger partial charge on any atom is 0.252 e. The second-order valence-corrected chi connectivity index (χ2v) is 7.33. The number of hydrogen-bond acceptors (Lipinski definition) is 7. The summed E-state index contributed by atoms with van der Waals surface area (Å²) < 4.78 is 16.4. The Balaban J connectivity index is 1.67. The van der Waals surface area contributed by atoms with E-state index in [1.165, 1.54) is 0 Å². The van der Waals surface area contributed by atoms with Crippen molar-refractivity contribution in [3.63, 3.8) is 0 Å². The number of aryl methyl sites for hydroxylation is 1. The van der Waals surface area contributed by atoms with Gasteiger partial charge in [-0.1, -0.05) is 12.8 Å². The molecule has 0 saturated heterocycles. The van der Waals surface area contributed by atoms with Crippen LogP contribution in [0.1, 0.15) is 36.0 Å². The zero-order valence-electron chi connectivity index (χ0n) is 16.0. The Labute approximate surface area is 166 Å². The number of halogens is 1. The van der Waals surface area contributed by atoms with E-state index in [1.807, 2.05) is 7.05 Å². The highest BCUT2D eigenvalue weighted by Gasteiger charge is 2.24. The number of carbonyl (C=O) groups excluding carboxylic acids is 1. The number of amides is 1. The quantitative estimate of drug-likeness (QED) is 0.516. The lowest BCUT2D eigenvalue weighted by Gasteiger charge is -2.30. The molecule has 0 aliphatic heterocycles. The SMILES string of the molecule is Cn1cnc2cc(Nc3nc(N[C@@H]4CCCC[C@@H]4N)c(F)cc3C(N)=O)cnc21. The number of imidazole rings is 1. The van der Waals surface area contributed by atoms with Crippen molar-refractivity contribution in [3.05, 3.63) is 36.0 Å². The first-order valence-corrected chi connectivity index (χ1v) is 9.49. The molecule has 0 aromatic carbocycles. The number of nitrogens with zero attached hydrogens (tertiary/aromatic N) is 4. The molecule has 0 radical (unpaired) electrons. The summed E-state index contributed by atoms with van der Waals surface area (Å²) in [7, 11) is 1.84. The molecule has 9 nitrogen and oxygen atoms in total. The van der Waals surface area contributed by atoms with E-state index >= 15 is 0 Å². The summed E-state index contributed by atoms with van der Waals surface area (Å²) in [5, 5.41) is 6.10. The van der Waals surface area contributed by atoms with E-state index in [0.29, 0.717) is 16.9 Å². The Morgan fingerprint density at radius 3 is 2.79 bits per heavy atom. The van der Waals surface area contributed by atoms with E-state index in [0.717, 1.165) is 31.7 Å². The normalized spacial score (nSPS) is 19.3. The van der Waals surface area contributed by atoms with Crippen molar-refractivity contribution in [2.24, 2.45) is 18.5 Å². The Morgan fingerprint density at radius 1 is 1.24 bits per heavy atom. The van der Waals surface area contributed by atoms with Gasteiger partial charge in [0, 0.05) is 19.1 Å². The Bertz CT molecular complexity index is 1070. The van der Waals surface area contributed by atoms with Gasteiger partial charge in [0.2, 0.25) is 0 Å². The average Bonchev–Trinajstić information content (AvgIpc) is 3.06. The summed E-state index contributed by atoms with van der Waals surface area (Å²) in [6.07, 6.45) is 7.03. The van der Waals surface area contributed by atoms with Crippen molar-refractivity contribution in [1.29, 1.82) is 0 Å². The first-order chi connectivity index (χ1) is 13.9. The number of nitrogens with one attached hydrogen (secondary N) is 2. The van der Waals surface area contributed by atoms with Crippen molar-refractivity contribution >= 4 is 34.4 Å². The zero-order valence-corrected chi connectivity index (χ0v) is 16.0. The Hall–Kier alpha value is -3.27. The fraction of sp³-hybridized carbons (Fsp3) is 0.368. The monoisotopic (exact) mass is 398 g/mol. The molecule has 0 spiro atoms. The molecule has 152 valence electrons. The fourth-order valence-corrected chi connectivity index (χ4v) is 3.61. The van der Waals surface area contributed by atoms with Crippen LogP contribution in [0.3, 0.4) is 0 Å². The Kier molecular flexibility index (Phi) is 5.01. The van der Waals surface area contributed by atoms with Gasteiger partial charge in [0.1, 0.15) is 11.3 Å². The predicted octanol–water partition coefficient (Wildman–Crippen LogP) is 2.03. The van der Waals surface area contributed by atoms with Crippen LogP contribution in [0.25, 0.3) is 11.2 Å². The van der Waals surface area contributed by atoms with E-state index in [4.69, 9.17) is 11.5 Å². The molecule has 1 fully saturated rings. The van der Waals surface area contributed by atoms with E-state index in [2.05, 4.69) is 25.6 Å². The van der Waals surface area contributed by atoms with Gasteiger partial charge in [-0.3, -0.25) is 4.79 Å². The van der Waals surface area contributed by atoms with Gasteiger partial charge in [-0.15, -0.1) is 0 Å². The molecule has 1 aliphatic rings. The van der Waals surface area contributed by atoms with Crippen LogP contribution in [0.5, 0.6) is 0 Å². The van der Waals surface area contributed by atoms with Gasteiger partial charge in [0.05, 0.1) is 23.8 Å². The summed E-state index contributed by atoms with van der Waals surface area (Å²) in [6.45, 7) is 0. The number of aromatic nitrogens is 4. The van der Waals surface area contributed by atoms with Gasteiger partial charge in [-0.25, -0.2) is 19.3 Å². The molecule has 6 N–H and O–H groups in total. The zero-order chi connectivity index (χ0) is 20.5. The predicted molar refractivity (Wildman–Crippen MR) is 108 cm³/mol. The molecule has 4 rings (SSSR count). The van der Waals surface area contributed by atoms with Gasteiger partial charge in [-0.05, 0) is 25.0 Å². The average molecular weight is 398 g/mol. The minimum absolute atomic E-state index is 0.0340. The standard InChI is InChI=1S/C19H23FN8O/c1-28-9-24-15-6-10(8-23-19(15)28)25-17-11(16(22)29)7-12(20)18(27-17)26-14-5-3-2-4-13(14)21/h6-9,13-14H,2-5,21H2,1H3,(H2,22,29)(H2,25,26,27)/t13-,14+/m0/s1. The van der Waals surface area contributed by atoms with Crippen molar-refractivity contribution in [2.45, 2.75) is 37.8 Å². The minimum Gasteiger partial charge on any atom is -0.365 e. The van der Waals surface area contributed by atoms with Crippen LogP contribution >= 0.6 is 0 Å². The number of anilines is 3. The third-order valence-corrected chi connectivity index (χ3v) is 5.20. The molecular formula is C19H23FN8O. The molecule has 1 amide bonds. The topological polar surface area (TPSA) is 137 Å². The molecule has 3 aromatic rings. The highest BCUT2D eigenvalue weighted by Crippen LogP contribution is 2.27. The van der Waals surface area contributed by atoms with Crippen molar-refractivity contribution in [2.75, 3.05) is 10.6 Å². The summed E-state index contributed by atoms with van der Waals surface area (Å²) in [5.41, 5.74) is 13.5. The van der Waals surface area contributed by atoms with Crippen molar-refractivity contribution < 1.29 is 9.18 Å². The van der Waals surface area contributed by atoms with E-state index in [1.54, 1.807) is 23.2 Å². The largest absolute Gasteiger partial charge is 0.365 e. The lowest BCUT2D eigenvalue weighted by atomic mass is 9.91. The molecule has 29 heavy (non-hydrogen) atoms. The van der Waals surface area contributed by atoms with Gasteiger partial charge in [0.25, 0.3) is 5.91 Å². The van der Waals surface area contributed by atoms with E-state index in [-0.39, 0.29) is 29.3 Å². The molecular weight excluding hydrogens is 375 g/mol. The summed E-state index contributed by atoms with van der Waals surface area (Å²) in [6, 6.07) is 2.70. The highest BCUT2D eigenvalue weighted by atomic mass is 19.1. The number of nitrogens with two attached hydrogens (primary N) is 2. The minimum atomic E-state index is -0.785. The molecule has 3 heterocycles. The van der Waals surface area contributed by atoms with Crippen LogP contribution in [0.15, 0.2) is 24.7 Å². The molecule has 2 atom stereocenters. The maximum absolute atomic E-state index is 14.6. The van der Waals surface area contributed by atoms with Gasteiger partial charge in [-0.2, -0.15) is 0 Å². The second-order valence-electron chi connectivity index (χ2n) is 7.33. The van der Waals surface area contributed by atoms with Gasteiger partial charge >= 0.3 is 0 Å². The van der Waals surface area contributed by atoms with E-state index < -0.39 is 11.7 Å². The first kappa shape index (κ1) is 19.1. The first-order valence-electron chi connectivity index (χ1n) is 9.49. The Morgan fingerprint density at radius 2 is 2.03 bits per heavy atom. The molecule has 1 saturated carbocycles. The maximum atomic E-state index is 14.6. The van der Waals surface area contributed by atoms with E-state index in [9.17, 15) is 9.18 Å². The third kappa shape index (κ3) is 3.83. The summed E-state index contributed by atoms with van der Waals surface area (Å²) >= 11 is 0. The number of fused-ring (bicyclic) bond motifs is 1. The molecule has 0 unspecified atom stereocenters. The van der Waals surface area contributed by atoms with Gasteiger partial charge in [0.15, 0.2) is 17.3 Å². The third-order valence-electron chi connectivity index (χ3n) is 5.20. The summed E-state index contributed by atoms with van der Waals surface area (Å²) in [5.74, 6) is -1.26. The number of carbonyl (C=O) groups is 1. The van der Waals surface area contributed by atoms with Crippen LogP contribution < -0.4 is 22.1 Å².